The monoisotopic (exact) mass is 436 g/mol. The molecule has 0 unspecified atom stereocenters. The van der Waals surface area contributed by atoms with Crippen LogP contribution in [-0.2, 0) is 0 Å². The minimum Gasteiger partial charge on any atom is -0.497 e. The fraction of sp³-hybridized carbons (Fsp3) is 0.0370. The lowest BCUT2D eigenvalue weighted by Crippen LogP contribution is -1.99. The van der Waals surface area contributed by atoms with Crippen molar-refractivity contribution in [2.45, 2.75) is 0 Å². The van der Waals surface area contributed by atoms with Gasteiger partial charge in [0.2, 0.25) is 0 Å². The molecule has 154 valence electrons. The zero-order chi connectivity index (χ0) is 21.8. The van der Waals surface area contributed by atoms with Crippen molar-refractivity contribution in [1.82, 2.24) is 0 Å². The van der Waals surface area contributed by atoms with Gasteiger partial charge in [0.1, 0.15) is 17.1 Å². The lowest BCUT2D eigenvalue weighted by Gasteiger charge is -2.00. The zero-order valence-corrected chi connectivity index (χ0v) is 17.9. The molecule has 5 aromatic rings. The molecule has 32 heavy (non-hydrogen) atoms. The Morgan fingerprint density at radius 1 is 0.844 bits per heavy atom. The van der Waals surface area contributed by atoms with Crippen LogP contribution in [-0.4, -0.2) is 18.7 Å². The van der Waals surface area contributed by atoms with Crippen molar-refractivity contribution in [2.75, 3.05) is 7.11 Å². The summed E-state index contributed by atoms with van der Waals surface area (Å²) >= 11 is 1.49. The van der Waals surface area contributed by atoms with Crippen molar-refractivity contribution < 1.29 is 18.7 Å². The number of furan rings is 1. The van der Waals surface area contributed by atoms with Crippen LogP contribution in [0.4, 0.5) is 0 Å². The van der Waals surface area contributed by atoms with Gasteiger partial charge < -0.3 is 9.15 Å². The second-order valence-electron chi connectivity index (χ2n) is 7.68. The van der Waals surface area contributed by atoms with E-state index in [1.54, 1.807) is 13.2 Å². The van der Waals surface area contributed by atoms with Gasteiger partial charge in [-0.2, -0.15) is 0 Å². The first-order chi connectivity index (χ1) is 15.6. The first-order valence-corrected chi connectivity index (χ1v) is 10.9. The third-order valence-electron chi connectivity index (χ3n) is 5.75. The Morgan fingerprint density at radius 3 is 2.09 bits per heavy atom. The normalized spacial score (nSPS) is 13.2. The van der Waals surface area contributed by atoms with Gasteiger partial charge in [0.15, 0.2) is 11.6 Å². The number of Topliss-reactive ketones (excluding diaryl/α,β-unsaturated/α-hetero) is 2. The van der Waals surface area contributed by atoms with E-state index in [0.717, 1.165) is 43.0 Å². The highest BCUT2D eigenvalue weighted by Gasteiger charge is 2.33. The van der Waals surface area contributed by atoms with Gasteiger partial charge in [-0.05, 0) is 59.3 Å². The van der Waals surface area contributed by atoms with E-state index in [0.29, 0.717) is 11.1 Å². The molecule has 0 aliphatic heterocycles. The average molecular weight is 436 g/mol. The topological polar surface area (TPSA) is 56.5 Å². The largest absolute Gasteiger partial charge is 0.497 e. The first-order valence-electron chi connectivity index (χ1n) is 10.1. The highest BCUT2D eigenvalue weighted by molar-refractivity contribution is 7.19. The Balaban J connectivity index is 1.35. The van der Waals surface area contributed by atoms with E-state index in [1.807, 2.05) is 72.8 Å². The molecule has 0 spiro atoms. The maximum Gasteiger partial charge on any atom is 0.197 e. The second kappa shape index (κ2) is 7.04. The number of ketones is 2. The molecule has 0 atom stereocenters. The summed E-state index contributed by atoms with van der Waals surface area (Å²) in [6, 6.07) is 22.9. The number of hydrogen-bond acceptors (Lipinski definition) is 5. The van der Waals surface area contributed by atoms with Crippen LogP contribution < -0.4 is 4.74 Å². The molecule has 0 amide bonds. The van der Waals surface area contributed by atoms with E-state index in [2.05, 4.69) is 0 Å². The number of benzene rings is 3. The van der Waals surface area contributed by atoms with Crippen molar-refractivity contribution in [2.24, 2.45) is 0 Å². The predicted molar refractivity (Wildman–Crippen MR) is 127 cm³/mol. The van der Waals surface area contributed by atoms with Gasteiger partial charge in [0, 0.05) is 27.6 Å². The number of thiophene rings is 1. The van der Waals surface area contributed by atoms with Gasteiger partial charge in [-0.15, -0.1) is 11.3 Å². The molecule has 1 aliphatic carbocycles. The van der Waals surface area contributed by atoms with Gasteiger partial charge in [-0.3, -0.25) is 9.59 Å². The fourth-order valence-corrected chi connectivity index (χ4v) is 5.07. The molecular weight excluding hydrogens is 420 g/mol. The Labute approximate surface area is 187 Å². The quantitative estimate of drug-likeness (QED) is 0.231. The molecule has 0 bridgehead atoms. The smallest absolute Gasteiger partial charge is 0.197 e. The third-order valence-corrected chi connectivity index (χ3v) is 6.76. The fourth-order valence-electron chi connectivity index (χ4n) is 4.11. The van der Waals surface area contributed by atoms with Gasteiger partial charge in [0.25, 0.3) is 0 Å². The first kappa shape index (κ1) is 18.8. The van der Waals surface area contributed by atoms with Gasteiger partial charge in [-0.1, -0.05) is 24.3 Å². The van der Waals surface area contributed by atoms with Crippen LogP contribution in [0.15, 0.2) is 82.8 Å². The van der Waals surface area contributed by atoms with Crippen LogP contribution in [0.25, 0.3) is 38.5 Å². The molecule has 0 radical (unpaired) electrons. The number of fused-ring (bicyclic) bond motifs is 3. The number of allylic oxidation sites excluding steroid dienone is 1. The number of ether oxygens (including phenoxy) is 1. The highest BCUT2D eigenvalue weighted by Crippen LogP contribution is 2.37. The molecule has 1 aliphatic rings. The van der Waals surface area contributed by atoms with E-state index in [-0.39, 0.29) is 17.1 Å². The summed E-state index contributed by atoms with van der Waals surface area (Å²) < 4.78 is 12.2. The van der Waals surface area contributed by atoms with Crippen LogP contribution in [0.2, 0.25) is 0 Å². The van der Waals surface area contributed by atoms with Crippen LogP contribution in [0, 0.1) is 0 Å². The van der Waals surface area contributed by atoms with Crippen LogP contribution in [0.5, 0.6) is 5.75 Å². The van der Waals surface area contributed by atoms with Gasteiger partial charge >= 0.3 is 0 Å². The van der Waals surface area contributed by atoms with Crippen molar-refractivity contribution in [3.8, 4) is 17.1 Å². The number of methoxy groups -OCH3 is 1. The van der Waals surface area contributed by atoms with E-state index >= 15 is 0 Å². The van der Waals surface area contributed by atoms with Crippen molar-refractivity contribution in [1.29, 1.82) is 0 Å². The standard InChI is InChI=1S/C27H16O4S/c1-30-18-8-6-15(7-9-18)23-14-25-24(31-23)13-19(32-25)12-22-26(28)20-10-16-4-2-3-5-17(16)11-21(20)27(22)29/h2-14H,1H3. The summed E-state index contributed by atoms with van der Waals surface area (Å²) in [5, 5.41) is 1.90. The van der Waals surface area contributed by atoms with Crippen molar-refractivity contribution in [3.05, 3.63) is 94.4 Å². The Hall–Kier alpha value is -3.96. The lowest BCUT2D eigenvalue weighted by atomic mass is 10.0. The van der Waals surface area contributed by atoms with E-state index in [4.69, 9.17) is 9.15 Å². The minimum absolute atomic E-state index is 0.203. The maximum atomic E-state index is 13.0. The summed E-state index contributed by atoms with van der Waals surface area (Å²) in [5.74, 6) is 1.11. The average Bonchev–Trinajstić information content (AvgIpc) is 3.45. The molecule has 2 heterocycles. The van der Waals surface area contributed by atoms with Crippen molar-refractivity contribution >= 4 is 50.0 Å². The van der Waals surface area contributed by atoms with Crippen molar-refractivity contribution in [3.63, 3.8) is 0 Å². The molecule has 5 heteroatoms. The molecule has 0 saturated carbocycles. The number of rotatable bonds is 3. The molecular formula is C27H16O4S. The number of carbonyl (C=O) groups excluding carboxylic acids is 2. The number of hydrogen-bond donors (Lipinski definition) is 0. The van der Waals surface area contributed by atoms with Crippen LogP contribution >= 0.6 is 11.3 Å². The molecule has 0 N–H and O–H groups in total. The summed E-state index contributed by atoms with van der Waals surface area (Å²) in [5.41, 5.74) is 2.84. The summed E-state index contributed by atoms with van der Waals surface area (Å²) in [6.07, 6.45) is 1.68. The number of carbonyl (C=O) groups is 2. The SMILES string of the molecule is COc1ccc(-c2cc3sc(C=C4C(=O)c5cc6ccccc6cc5C4=O)cc3o2)cc1. The third kappa shape index (κ3) is 2.90. The molecule has 4 nitrogen and oxygen atoms in total. The zero-order valence-electron chi connectivity index (χ0n) is 17.0. The van der Waals surface area contributed by atoms with Crippen LogP contribution in [0.3, 0.4) is 0 Å². The molecule has 0 saturated heterocycles. The lowest BCUT2D eigenvalue weighted by molar-refractivity contribution is 0.0990. The molecule has 2 aromatic heterocycles. The molecule has 0 fully saturated rings. The molecule has 3 aromatic carbocycles. The van der Waals surface area contributed by atoms with Crippen LogP contribution in [0.1, 0.15) is 25.6 Å². The summed E-state index contributed by atoms with van der Waals surface area (Å²) in [7, 11) is 1.63. The highest BCUT2D eigenvalue weighted by atomic mass is 32.1. The second-order valence-corrected chi connectivity index (χ2v) is 8.79. The Bertz CT molecular complexity index is 1490. The van der Waals surface area contributed by atoms with E-state index < -0.39 is 0 Å². The maximum absolute atomic E-state index is 13.0. The van der Waals surface area contributed by atoms with E-state index in [1.165, 1.54) is 11.3 Å². The minimum atomic E-state index is -0.223. The Kier molecular flexibility index (Phi) is 4.13. The van der Waals surface area contributed by atoms with Gasteiger partial charge in [0.05, 0.1) is 17.4 Å². The summed E-state index contributed by atoms with van der Waals surface area (Å²) in [6.45, 7) is 0. The predicted octanol–water partition coefficient (Wildman–Crippen LogP) is 6.79. The van der Waals surface area contributed by atoms with Gasteiger partial charge in [-0.25, -0.2) is 0 Å². The van der Waals surface area contributed by atoms with E-state index in [9.17, 15) is 9.59 Å². The molecule has 6 rings (SSSR count). The Morgan fingerprint density at radius 2 is 1.50 bits per heavy atom. The summed E-state index contributed by atoms with van der Waals surface area (Å²) in [4.78, 5) is 26.8.